The van der Waals surface area contributed by atoms with E-state index >= 15 is 0 Å². The number of likely N-dealkylation sites (tertiary alicyclic amines) is 1. The predicted molar refractivity (Wildman–Crippen MR) is 137 cm³/mol. The first-order valence-electron chi connectivity index (χ1n) is 13.2. The SMILES string of the molecule is Cc1ccc2c(c1)OCC21CCN(CC(O)C2CCN(c3ncc(-c4cc(F)cc(F)c4)o3)CC2)CC1. The normalized spacial score (nSPS) is 20.7. The molecule has 1 atom stereocenters. The van der Waals surface area contributed by atoms with Gasteiger partial charge in [0.1, 0.15) is 17.4 Å². The van der Waals surface area contributed by atoms with E-state index in [1.54, 1.807) is 0 Å². The number of β-amino-alcohol motifs (C(OH)–C–C–N with tert-alkyl or cyclic N) is 1. The summed E-state index contributed by atoms with van der Waals surface area (Å²) in [5.41, 5.74) is 3.02. The van der Waals surface area contributed by atoms with E-state index in [1.165, 1.54) is 29.5 Å². The summed E-state index contributed by atoms with van der Waals surface area (Å²) in [5.74, 6) is 0.300. The highest BCUT2D eigenvalue weighted by atomic mass is 19.1. The van der Waals surface area contributed by atoms with Gasteiger partial charge in [-0.25, -0.2) is 13.8 Å². The Labute approximate surface area is 215 Å². The lowest BCUT2D eigenvalue weighted by molar-refractivity contribution is 0.0346. The van der Waals surface area contributed by atoms with Crippen LogP contribution in [0.3, 0.4) is 0 Å². The van der Waals surface area contributed by atoms with E-state index in [1.807, 2.05) is 4.90 Å². The van der Waals surface area contributed by atoms with Crippen LogP contribution in [0.15, 0.2) is 47.0 Å². The topological polar surface area (TPSA) is 62.0 Å². The Kier molecular flexibility index (Phi) is 6.41. The predicted octanol–water partition coefficient (Wildman–Crippen LogP) is 4.93. The zero-order valence-corrected chi connectivity index (χ0v) is 21.1. The van der Waals surface area contributed by atoms with Crippen molar-refractivity contribution in [3.8, 4) is 17.1 Å². The standard InChI is InChI=1S/C29H33F2N3O3/c1-19-2-3-24-26(12-19)36-18-29(24)6-10-33(11-7-29)17-25(35)20-4-8-34(9-5-20)28-32-16-27(37-28)21-13-22(30)15-23(31)14-21/h2-3,12-16,20,25,35H,4-11,17-18H2,1H3. The van der Waals surface area contributed by atoms with Crippen LogP contribution in [0.25, 0.3) is 11.3 Å². The van der Waals surface area contributed by atoms with E-state index in [0.717, 1.165) is 70.3 Å². The van der Waals surface area contributed by atoms with Crippen molar-refractivity contribution in [2.75, 3.05) is 44.2 Å². The van der Waals surface area contributed by atoms with Crippen molar-refractivity contribution in [3.63, 3.8) is 0 Å². The summed E-state index contributed by atoms with van der Waals surface area (Å²) < 4.78 is 39.0. The fraction of sp³-hybridized carbons (Fsp3) is 0.483. The van der Waals surface area contributed by atoms with E-state index in [9.17, 15) is 13.9 Å². The molecule has 0 saturated carbocycles. The molecule has 2 aromatic carbocycles. The molecule has 0 radical (unpaired) electrons. The van der Waals surface area contributed by atoms with Gasteiger partial charge in [0.05, 0.1) is 18.9 Å². The number of hydrogen-bond acceptors (Lipinski definition) is 6. The molecule has 3 aliphatic rings. The Bertz CT molecular complexity index is 1240. The van der Waals surface area contributed by atoms with Crippen molar-refractivity contribution in [2.24, 2.45) is 5.92 Å². The van der Waals surface area contributed by atoms with Gasteiger partial charge in [0.25, 0.3) is 6.01 Å². The molecule has 3 aromatic rings. The average Bonchev–Trinajstić information content (AvgIpc) is 3.51. The van der Waals surface area contributed by atoms with E-state index in [0.29, 0.717) is 23.9 Å². The molecule has 1 N–H and O–H groups in total. The number of rotatable bonds is 5. The number of ether oxygens (including phenoxy) is 1. The smallest absolute Gasteiger partial charge is 0.297 e. The number of benzene rings is 2. The van der Waals surface area contributed by atoms with Crippen molar-refractivity contribution in [1.29, 1.82) is 0 Å². The highest BCUT2D eigenvalue weighted by molar-refractivity contribution is 5.58. The van der Waals surface area contributed by atoms with Gasteiger partial charge in [-0.05, 0) is 75.4 Å². The highest BCUT2D eigenvalue weighted by Gasteiger charge is 2.43. The third-order valence-electron chi connectivity index (χ3n) is 8.47. The largest absolute Gasteiger partial charge is 0.492 e. The van der Waals surface area contributed by atoms with E-state index in [-0.39, 0.29) is 17.4 Å². The van der Waals surface area contributed by atoms with Crippen LogP contribution in [0, 0.1) is 24.5 Å². The molecular weight excluding hydrogens is 476 g/mol. The molecule has 4 heterocycles. The molecule has 0 amide bonds. The summed E-state index contributed by atoms with van der Waals surface area (Å²) in [4.78, 5) is 8.76. The second-order valence-electron chi connectivity index (χ2n) is 10.9. The summed E-state index contributed by atoms with van der Waals surface area (Å²) in [6, 6.07) is 10.3. The third-order valence-corrected chi connectivity index (χ3v) is 8.47. The zero-order chi connectivity index (χ0) is 25.6. The van der Waals surface area contributed by atoms with Crippen LogP contribution in [0.1, 0.15) is 36.8 Å². The van der Waals surface area contributed by atoms with Crippen LogP contribution >= 0.6 is 0 Å². The zero-order valence-electron chi connectivity index (χ0n) is 21.1. The number of aryl methyl sites for hydroxylation is 1. The molecule has 1 spiro atoms. The first-order chi connectivity index (χ1) is 17.9. The molecule has 1 unspecified atom stereocenters. The van der Waals surface area contributed by atoms with Gasteiger partial charge in [0.15, 0.2) is 5.76 Å². The highest BCUT2D eigenvalue weighted by Crippen LogP contribution is 2.45. The van der Waals surface area contributed by atoms with Gasteiger partial charge in [0.2, 0.25) is 0 Å². The number of hydrogen-bond donors (Lipinski definition) is 1. The van der Waals surface area contributed by atoms with Gasteiger partial charge in [-0.1, -0.05) is 12.1 Å². The first-order valence-corrected chi connectivity index (χ1v) is 13.2. The Balaban J connectivity index is 1.00. The minimum absolute atomic E-state index is 0.113. The van der Waals surface area contributed by atoms with Crippen molar-refractivity contribution in [3.05, 3.63) is 65.4 Å². The molecule has 2 saturated heterocycles. The molecule has 196 valence electrons. The molecule has 0 aliphatic carbocycles. The molecule has 0 bridgehead atoms. The monoisotopic (exact) mass is 509 g/mol. The fourth-order valence-corrected chi connectivity index (χ4v) is 6.19. The molecule has 37 heavy (non-hydrogen) atoms. The maximum absolute atomic E-state index is 13.6. The van der Waals surface area contributed by atoms with Crippen LogP contribution in [-0.2, 0) is 5.41 Å². The summed E-state index contributed by atoms with van der Waals surface area (Å²) in [6.45, 7) is 6.92. The number of oxazole rings is 1. The summed E-state index contributed by atoms with van der Waals surface area (Å²) >= 11 is 0. The molecule has 1 aromatic heterocycles. The van der Waals surface area contributed by atoms with Gasteiger partial charge in [-0.15, -0.1) is 0 Å². The van der Waals surface area contributed by atoms with Crippen LogP contribution in [0.5, 0.6) is 5.75 Å². The molecule has 8 heteroatoms. The van der Waals surface area contributed by atoms with E-state index in [2.05, 4.69) is 35.0 Å². The summed E-state index contributed by atoms with van der Waals surface area (Å²) in [6.07, 6.45) is 4.91. The minimum Gasteiger partial charge on any atom is -0.492 e. The fourth-order valence-electron chi connectivity index (χ4n) is 6.19. The third kappa shape index (κ3) is 4.84. The maximum atomic E-state index is 13.6. The van der Waals surface area contributed by atoms with Crippen molar-refractivity contribution >= 4 is 6.01 Å². The molecule has 6 rings (SSSR count). The number of piperidine rings is 2. The minimum atomic E-state index is -0.650. The molecule has 3 aliphatic heterocycles. The van der Waals surface area contributed by atoms with Gasteiger partial charge in [0, 0.05) is 42.2 Å². The molecular formula is C29H33F2N3O3. The summed E-state index contributed by atoms with van der Waals surface area (Å²) in [5, 5.41) is 11.0. The average molecular weight is 510 g/mol. The lowest BCUT2D eigenvalue weighted by Gasteiger charge is -2.41. The van der Waals surface area contributed by atoms with Crippen LogP contribution in [-0.4, -0.2) is 60.4 Å². The quantitative estimate of drug-likeness (QED) is 0.526. The van der Waals surface area contributed by atoms with Gasteiger partial charge < -0.3 is 24.1 Å². The number of aromatic nitrogens is 1. The second-order valence-corrected chi connectivity index (χ2v) is 10.9. The maximum Gasteiger partial charge on any atom is 0.297 e. The lowest BCUT2D eigenvalue weighted by atomic mass is 9.74. The van der Waals surface area contributed by atoms with Crippen molar-refractivity contribution < 1.29 is 23.0 Å². The Hall–Kier alpha value is -2.97. The van der Waals surface area contributed by atoms with Crippen molar-refractivity contribution in [1.82, 2.24) is 9.88 Å². The number of fused-ring (bicyclic) bond motifs is 2. The van der Waals surface area contributed by atoms with Crippen LogP contribution < -0.4 is 9.64 Å². The molecule has 2 fully saturated rings. The van der Waals surface area contributed by atoms with Crippen molar-refractivity contribution in [2.45, 2.75) is 44.1 Å². The Morgan fingerprint density at radius 1 is 1.05 bits per heavy atom. The Morgan fingerprint density at radius 3 is 2.51 bits per heavy atom. The molecule has 6 nitrogen and oxygen atoms in total. The van der Waals surface area contributed by atoms with Gasteiger partial charge in [-0.3, -0.25) is 0 Å². The number of halogens is 2. The Morgan fingerprint density at radius 2 is 1.78 bits per heavy atom. The van der Waals surface area contributed by atoms with Crippen LogP contribution in [0.2, 0.25) is 0 Å². The second kappa shape index (κ2) is 9.72. The summed E-state index contributed by atoms with van der Waals surface area (Å²) in [7, 11) is 0. The van der Waals surface area contributed by atoms with Gasteiger partial charge in [-0.2, -0.15) is 0 Å². The number of aliphatic hydroxyl groups excluding tert-OH is 1. The number of nitrogens with zero attached hydrogens (tertiary/aromatic N) is 3. The van der Waals surface area contributed by atoms with Crippen LogP contribution in [0.4, 0.5) is 14.8 Å². The lowest BCUT2D eigenvalue weighted by Crippen LogP contribution is -2.48. The number of aliphatic hydroxyl groups is 1. The number of anilines is 1. The van der Waals surface area contributed by atoms with E-state index < -0.39 is 11.6 Å². The van der Waals surface area contributed by atoms with Gasteiger partial charge >= 0.3 is 0 Å². The first kappa shape index (κ1) is 24.4. The van der Waals surface area contributed by atoms with E-state index in [4.69, 9.17) is 9.15 Å².